The quantitative estimate of drug-likeness (QED) is 0.762. The van der Waals surface area contributed by atoms with Gasteiger partial charge in [-0.3, -0.25) is 14.9 Å². The van der Waals surface area contributed by atoms with Crippen LogP contribution < -0.4 is 4.74 Å². The summed E-state index contributed by atoms with van der Waals surface area (Å²) in [6.45, 7) is 1.40. The molecule has 0 atom stereocenters. The fourth-order valence-electron chi connectivity index (χ4n) is 2.77. The molecule has 0 N–H and O–H groups in total. The summed E-state index contributed by atoms with van der Waals surface area (Å²) in [5, 5.41) is 0. The number of pyridine rings is 2. The van der Waals surface area contributed by atoms with E-state index in [-0.39, 0.29) is 30.9 Å². The zero-order chi connectivity index (χ0) is 19.4. The van der Waals surface area contributed by atoms with Crippen molar-refractivity contribution in [3.8, 4) is 5.75 Å². The Morgan fingerprint density at radius 1 is 1.11 bits per heavy atom. The Hall–Kier alpha value is -2.75. The van der Waals surface area contributed by atoms with Crippen LogP contribution in [0.1, 0.15) is 11.1 Å². The number of ether oxygens (including phenoxy) is 1. The number of carbonyl (C=O) groups excluding carboxylic acids is 1. The van der Waals surface area contributed by atoms with Gasteiger partial charge in [0.05, 0.1) is 18.0 Å². The summed E-state index contributed by atoms with van der Waals surface area (Å²) in [7, 11) is 0. The van der Waals surface area contributed by atoms with Gasteiger partial charge in [-0.15, -0.1) is 0 Å². The first-order valence-corrected chi connectivity index (χ1v) is 8.12. The molecular weight excluding hydrogens is 368 g/mol. The SMILES string of the molecule is O=C(Oc1cncc(F)c1)N1CCN(Cc2cnccc2C(F)(F)F)CC1. The number of nitrogens with zero attached hydrogens (tertiary/aromatic N) is 4. The third kappa shape index (κ3) is 4.91. The van der Waals surface area contributed by atoms with Crippen LogP contribution in [0.4, 0.5) is 22.4 Å². The van der Waals surface area contributed by atoms with E-state index in [1.165, 1.54) is 17.3 Å². The van der Waals surface area contributed by atoms with Gasteiger partial charge in [-0.1, -0.05) is 0 Å². The number of hydrogen-bond acceptors (Lipinski definition) is 5. The van der Waals surface area contributed by atoms with Crippen LogP contribution in [0.25, 0.3) is 0 Å². The lowest BCUT2D eigenvalue weighted by molar-refractivity contribution is -0.138. The second kappa shape index (κ2) is 7.87. The third-order valence-corrected chi connectivity index (χ3v) is 4.12. The van der Waals surface area contributed by atoms with Crippen molar-refractivity contribution in [2.75, 3.05) is 26.2 Å². The minimum absolute atomic E-state index is 0.00684. The second-order valence-electron chi connectivity index (χ2n) is 6.00. The maximum atomic E-state index is 13.1. The Morgan fingerprint density at radius 2 is 1.85 bits per heavy atom. The Balaban J connectivity index is 1.56. The van der Waals surface area contributed by atoms with E-state index in [1.54, 1.807) is 4.90 Å². The van der Waals surface area contributed by atoms with Gasteiger partial charge in [0, 0.05) is 51.2 Å². The largest absolute Gasteiger partial charge is 0.416 e. The topological polar surface area (TPSA) is 58.6 Å². The number of amides is 1. The molecule has 6 nitrogen and oxygen atoms in total. The second-order valence-corrected chi connectivity index (χ2v) is 6.00. The van der Waals surface area contributed by atoms with Gasteiger partial charge in [-0.25, -0.2) is 9.18 Å². The van der Waals surface area contributed by atoms with Crippen LogP contribution in [0.3, 0.4) is 0 Å². The minimum Gasteiger partial charge on any atom is -0.408 e. The maximum Gasteiger partial charge on any atom is 0.416 e. The fourth-order valence-corrected chi connectivity index (χ4v) is 2.77. The van der Waals surface area contributed by atoms with Gasteiger partial charge in [0.15, 0.2) is 5.75 Å². The molecule has 1 amide bonds. The van der Waals surface area contributed by atoms with Gasteiger partial charge in [0.25, 0.3) is 0 Å². The maximum absolute atomic E-state index is 13.1. The number of halogens is 4. The molecule has 0 bridgehead atoms. The van der Waals surface area contributed by atoms with Crippen LogP contribution in [-0.4, -0.2) is 52.0 Å². The molecule has 3 heterocycles. The van der Waals surface area contributed by atoms with E-state index < -0.39 is 23.7 Å². The number of alkyl halides is 3. The van der Waals surface area contributed by atoms with E-state index in [2.05, 4.69) is 9.97 Å². The van der Waals surface area contributed by atoms with Crippen LogP contribution in [-0.2, 0) is 12.7 Å². The normalized spacial score (nSPS) is 15.6. The van der Waals surface area contributed by atoms with Crippen molar-refractivity contribution < 1.29 is 27.1 Å². The van der Waals surface area contributed by atoms with E-state index in [0.29, 0.717) is 13.1 Å². The van der Waals surface area contributed by atoms with Crippen molar-refractivity contribution in [2.24, 2.45) is 0 Å². The highest BCUT2D eigenvalue weighted by Crippen LogP contribution is 2.32. The molecule has 144 valence electrons. The molecule has 1 aliphatic heterocycles. The Bertz CT molecular complexity index is 808. The summed E-state index contributed by atoms with van der Waals surface area (Å²) < 4.78 is 57.3. The molecule has 10 heteroatoms. The molecule has 2 aromatic rings. The molecule has 1 aliphatic rings. The average molecular weight is 384 g/mol. The minimum atomic E-state index is -4.44. The first-order chi connectivity index (χ1) is 12.8. The van der Waals surface area contributed by atoms with E-state index in [0.717, 1.165) is 24.5 Å². The molecule has 0 aliphatic carbocycles. The first-order valence-electron chi connectivity index (χ1n) is 8.12. The number of aromatic nitrogens is 2. The smallest absolute Gasteiger partial charge is 0.408 e. The fraction of sp³-hybridized carbons (Fsp3) is 0.353. The third-order valence-electron chi connectivity index (χ3n) is 4.12. The van der Waals surface area contributed by atoms with Crippen molar-refractivity contribution >= 4 is 6.09 Å². The molecule has 1 saturated heterocycles. The van der Waals surface area contributed by atoms with Gasteiger partial charge in [0.2, 0.25) is 0 Å². The van der Waals surface area contributed by atoms with Crippen molar-refractivity contribution in [3.05, 3.63) is 53.9 Å². The zero-order valence-corrected chi connectivity index (χ0v) is 14.1. The van der Waals surface area contributed by atoms with Crippen molar-refractivity contribution in [1.29, 1.82) is 0 Å². The van der Waals surface area contributed by atoms with Crippen LogP contribution in [0.2, 0.25) is 0 Å². The van der Waals surface area contributed by atoms with E-state index in [9.17, 15) is 22.4 Å². The summed E-state index contributed by atoms with van der Waals surface area (Å²) >= 11 is 0. The molecule has 2 aromatic heterocycles. The standard InChI is InChI=1S/C17H16F4N4O2/c18-13-7-14(10-23-9-13)27-16(26)25-5-3-24(4-6-25)11-12-8-22-2-1-15(12)17(19,20)21/h1-2,7-10H,3-6,11H2. The predicted octanol–water partition coefficient (Wildman–Crippen LogP) is 2.95. The van der Waals surface area contributed by atoms with Crippen molar-refractivity contribution in [3.63, 3.8) is 0 Å². The molecule has 0 spiro atoms. The van der Waals surface area contributed by atoms with Crippen LogP contribution in [0.5, 0.6) is 5.75 Å². The Morgan fingerprint density at radius 3 is 2.52 bits per heavy atom. The van der Waals surface area contributed by atoms with Crippen LogP contribution in [0.15, 0.2) is 36.9 Å². The molecule has 1 fully saturated rings. The molecule has 0 unspecified atom stereocenters. The highest BCUT2D eigenvalue weighted by Gasteiger charge is 2.34. The number of carbonyl (C=O) groups is 1. The molecule has 0 aromatic carbocycles. The molecule has 0 saturated carbocycles. The summed E-state index contributed by atoms with van der Waals surface area (Å²) in [5.41, 5.74) is -0.621. The first kappa shape index (κ1) is 19.0. The number of piperazine rings is 1. The van der Waals surface area contributed by atoms with Gasteiger partial charge in [0.1, 0.15) is 5.82 Å². The van der Waals surface area contributed by atoms with Gasteiger partial charge in [-0.05, 0) is 11.6 Å². The summed E-state index contributed by atoms with van der Waals surface area (Å²) in [4.78, 5) is 22.7. The molecule has 3 rings (SSSR count). The van der Waals surface area contributed by atoms with Gasteiger partial charge < -0.3 is 9.64 Å². The molecule has 27 heavy (non-hydrogen) atoms. The summed E-state index contributed by atoms with van der Waals surface area (Å²) in [6.07, 6.45) is -0.563. The average Bonchev–Trinajstić information content (AvgIpc) is 2.62. The lowest BCUT2D eigenvalue weighted by Gasteiger charge is -2.34. The van der Waals surface area contributed by atoms with E-state index in [4.69, 9.17) is 4.74 Å². The highest BCUT2D eigenvalue weighted by molar-refractivity contribution is 5.70. The zero-order valence-electron chi connectivity index (χ0n) is 14.1. The van der Waals surface area contributed by atoms with E-state index in [1.807, 2.05) is 0 Å². The van der Waals surface area contributed by atoms with Crippen LogP contribution in [0, 0.1) is 5.82 Å². The van der Waals surface area contributed by atoms with Gasteiger partial charge in [-0.2, -0.15) is 13.2 Å². The Kier molecular flexibility index (Phi) is 5.54. The van der Waals surface area contributed by atoms with Gasteiger partial charge >= 0.3 is 12.3 Å². The predicted molar refractivity (Wildman–Crippen MR) is 86.3 cm³/mol. The molecule has 0 radical (unpaired) electrons. The molecular formula is C17H16F4N4O2. The lowest BCUT2D eigenvalue weighted by atomic mass is 10.1. The monoisotopic (exact) mass is 384 g/mol. The van der Waals surface area contributed by atoms with Crippen molar-refractivity contribution in [2.45, 2.75) is 12.7 Å². The number of hydrogen-bond donors (Lipinski definition) is 0. The summed E-state index contributed by atoms with van der Waals surface area (Å²) in [6, 6.07) is 2.00. The lowest BCUT2D eigenvalue weighted by Crippen LogP contribution is -2.49. The number of rotatable bonds is 3. The summed E-state index contributed by atoms with van der Waals surface area (Å²) in [5.74, 6) is -0.630. The van der Waals surface area contributed by atoms with Crippen LogP contribution >= 0.6 is 0 Å². The highest BCUT2D eigenvalue weighted by atomic mass is 19.4. The van der Waals surface area contributed by atoms with E-state index >= 15 is 0 Å². The van der Waals surface area contributed by atoms with Crippen molar-refractivity contribution in [1.82, 2.24) is 19.8 Å². The Labute approximate surface area is 152 Å².